The monoisotopic (exact) mass is 303 g/mol. The van der Waals surface area contributed by atoms with Gasteiger partial charge in [0, 0.05) is 6.20 Å². The molecular weight excluding hydrogens is 298 g/mol. The topological polar surface area (TPSA) is 22.1 Å². The molecule has 0 radical (unpaired) electrons. The summed E-state index contributed by atoms with van der Waals surface area (Å²) in [5.74, 6) is 0.153. The van der Waals surface area contributed by atoms with Crippen LogP contribution in [0.1, 0.15) is 0 Å². The van der Waals surface area contributed by atoms with Gasteiger partial charge in [-0.2, -0.15) is 13.2 Å². The van der Waals surface area contributed by atoms with E-state index in [1.807, 2.05) is 22.6 Å². The lowest BCUT2D eigenvalue weighted by Gasteiger charge is -2.09. The summed E-state index contributed by atoms with van der Waals surface area (Å²) < 4.78 is 40.1. The number of hydrogen-bond acceptors (Lipinski definition) is 2. The summed E-state index contributed by atoms with van der Waals surface area (Å²) >= 11 is 1.81. The molecule has 1 aromatic heterocycles. The number of alkyl halides is 3. The average Bonchev–Trinajstić information content (AvgIpc) is 2.01. The highest BCUT2D eigenvalue weighted by Gasteiger charge is 2.28. The first-order valence-corrected chi connectivity index (χ1v) is 4.37. The molecule has 13 heavy (non-hydrogen) atoms. The van der Waals surface area contributed by atoms with Crippen LogP contribution in [0.2, 0.25) is 0 Å². The van der Waals surface area contributed by atoms with Crippen LogP contribution in [0.4, 0.5) is 13.2 Å². The summed E-state index contributed by atoms with van der Waals surface area (Å²) in [6.45, 7) is -1.28. The second-order valence-electron chi connectivity index (χ2n) is 2.20. The van der Waals surface area contributed by atoms with Crippen LogP contribution in [0.15, 0.2) is 18.3 Å². The average molecular weight is 303 g/mol. The van der Waals surface area contributed by atoms with Gasteiger partial charge in [0.15, 0.2) is 12.4 Å². The number of hydrogen-bond donors (Lipinski definition) is 0. The first kappa shape index (κ1) is 10.6. The molecule has 0 aliphatic rings. The fourth-order valence-corrected chi connectivity index (χ4v) is 1.13. The van der Waals surface area contributed by atoms with Crippen LogP contribution in [0.3, 0.4) is 0 Å². The predicted octanol–water partition coefficient (Wildman–Crippen LogP) is 2.63. The third kappa shape index (κ3) is 3.79. The van der Waals surface area contributed by atoms with E-state index in [1.165, 1.54) is 18.3 Å². The molecule has 0 bridgehead atoms. The van der Waals surface area contributed by atoms with E-state index in [1.54, 1.807) is 0 Å². The highest BCUT2D eigenvalue weighted by atomic mass is 127. The summed E-state index contributed by atoms with van der Waals surface area (Å²) in [7, 11) is 0. The Morgan fingerprint density at radius 3 is 2.69 bits per heavy atom. The SMILES string of the molecule is FC(F)(F)COc1cccnc1I. The Morgan fingerprint density at radius 2 is 2.15 bits per heavy atom. The van der Waals surface area contributed by atoms with Crippen molar-refractivity contribution in [2.45, 2.75) is 6.18 Å². The summed E-state index contributed by atoms with van der Waals surface area (Å²) in [4.78, 5) is 3.77. The maximum Gasteiger partial charge on any atom is 0.422 e. The first-order chi connectivity index (χ1) is 5.99. The van der Waals surface area contributed by atoms with E-state index in [0.717, 1.165) is 0 Å². The lowest BCUT2D eigenvalue weighted by molar-refractivity contribution is -0.153. The van der Waals surface area contributed by atoms with Gasteiger partial charge in [0.1, 0.15) is 3.70 Å². The molecule has 0 unspecified atom stereocenters. The molecule has 6 heteroatoms. The molecule has 0 aromatic carbocycles. The number of aromatic nitrogens is 1. The van der Waals surface area contributed by atoms with E-state index < -0.39 is 12.8 Å². The smallest absolute Gasteiger partial charge is 0.422 e. The van der Waals surface area contributed by atoms with Crippen molar-refractivity contribution in [3.05, 3.63) is 22.0 Å². The Kier molecular flexibility index (Phi) is 3.34. The van der Waals surface area contributed by atoms with E-state index in [9.17, 15) is 13.2 Å². The minimum Gasteiger partial charge on any atom is -0.481 e. The number of pyridine rings is 1. The molecule has 0 atom stereocenters. The van der Waals surface area contributed by atoms with Gasteiger partial charge in [0.25, 0.3) is 0 Å². The van der Waals surface area contributed by atoms with Gasteiger partial charge < -0.3 is 4.74 Å². The molecule has 0 saturated carbocycles. The molecule has 0 N–H and O–H groups in total. The molecule has 0 saturated heterocycles. The normalized spacial score (nSPS) is 11.4. The van der Waals surface area contributed by atoms with Crippen molar-refractivity contribution in [3.63, 3.8) is 0 Å². The van der Waals surface area contributed by atoms with Crippen LogP contribution in [0, 0.1) is 3.70 Å². The summed E-state index contributed by atoms with van der Waals surface area (Å²) in [6, 6.07) is 2.97. The van der Waals surface area contributed by atoms with E-state index in [0.29, 0.717) is 3.70 Å². The van der Waals surface area contributed by atoms with Crippen LogP contribution < -0.4 is 4.74 Å². The Morgan fingerprint density at radius 1 is 1.46 bits per heavy atom. The number of rotatable bonds is 2. The molecule has 1 rings (SSSR count). The molecule has 0 aliphatic heterocycles. The molecule has 1 aromatic rings. The van der Waals surface area contributed by atoms with Crippen molar-refractivity contribution < 1.29 is 17.9 Å². The van der Waals surface area contributed by atoms with Crippen molar-refractivity contribution >= 4 is 22.6 Å². The molecule has 2 nitrogen and oxygen atoms in total. The predicted molar refractivity (Wildman–Crippen MR) is 48.5 cm³/mol. The highest BCUT2D eigenvalue weighted by Crippen LogP contribution is 2.21. The van der Waals surface area contributed by atoms with Gasteiger partial charge >= 0.3 is 6.18 Å². The lowest BCUT2D eigenvalue weighted by Crippen LogP contribution is -2.19. The van der Waals surface area contributed by atoms with Gasteiger partial charge in [-0.15, -0.1) is 0 Å². The molecule has 0 spiro atoms. The highest BCUT2D eigenvalue weighted by molar-refractivity contribution is 14.1. The van der Waals surface area contributed by atoms with E-state index in [-0.39, 0.29) is 5.75 Å². The van der Waals surface area contributed by atoms with Gasteiger partial charge in [-0.05, 0) is 34.7 Å². The van der Waals surface area contributed by atoms with Crippen molar-refractivity contribution in [1.82, 2.24) is 4.98 Å². The van der Waals surface area contributed by atoms with Gasteiger partial charge in [0.05, 0.1) is 0 Å². The summed E-state index contributed by atoms with van der Waals surface area (Å²) in [5.41, 5.74) is 0. The zero-order valence-electron chi connectivity index (χ0n) is 6.31. The van der Waals surface area contributed by atoms with Crippen molar-refractivity contribution in [2.75, 3.05) is 6.61 Å². The minimum absolute atomic E-state index is 0.153. The van der Waals surface area contributed by atoms with Gasteiger partial charge in [0.2, 0.25) is 0 Å². The quantitative estimate of drug-likeness (QED) is 0.619. The Hall–Kier alpha value is -0.530. The lowest BCUT2D eigenvalue weighted by atomic mass is 10.5. The van der Waals surface area contributed by atoms with Crippen LogP contribution in [-0.2, 0) is 0 Å². The summed E-state index contributed by atoms with van der Waals surface area (Å²) in [6.07, 6.45) is -2.82. The zero-order chi connectivity index (χ0) is 9.90. The first-order valence-electron chi connectivity index (χ1n) is 3.29. The number of halogens is 4. The molecule has 1 heterocycles. The molecular formula is C7H5F3INO. The van der Waals surface area contributed by atoms with E-state index in [4.69, 9.17) is 0 Å². The van der Waals surface area contributed by atoms with Crippen molar-refractivity contribution in [3.8, 4) is 5.75 Å². The second-order valence-corrected chi connectivity index (χ2v) is 3.22. The Labute approximate surface area is 86.3 Å². The second kappa shape index (κ2) is 4.12. The fourth-order valence-electron chi connectivity index (χ4n) is 0.639. The standard InChI is InChI=1S/C7H5F3INO/c8-7(9,10)4-13-5-2-1-3-12-6(5)11/h1-3H,4H2. The van der Waals surface area contributed by atoms with E-state index >= 15 is 0 Å². The Bertz CT molecular complexity index is 289. The minimum atomic E-state index is -4.31. The van der Waals surface area contributed by atoms with Crippen LogP contribution in [0.25, 0.3) is 0 Å². The van der Waals surface area contributed by atoms with Crippen molar-refractivity contribution in [1.29, 1.82) is 0 Å². The number of ether oxygens (including phenoxy) is 1. The molecule has 0 amide bonds. The van der Waals surface area contributed by atoms with Crippen LogP contribution in [-0.4, -0.2) is 17.8 Å². The number of nitrogens with zero attached hydrogens (tertiary/aromatic N) is 1. The third-order valence-electron chi connectivity index (χ3n) is 1.12. The summed E-state index contributed by atoms with van der Waals surface area (Å²) in [5, 5.41) is 0. The van der Waals surface area contributed by atoms with Crippen molar-refractivity contribution in [2.24, 2.45) is 0 Å². The maximum atomic E-state index is 11.7. The van der Waals surface area contributed by atoms with Gasteiger partial charge in [-0.1, -0.05) is 0 Å². The van der Waals surface area contributed by atoms with Gasteiger partial charge in [-0.25, -0.2) is 4.98 Å². The molecule has 0 fully saturated rings. The van der Waals surface area contributed by atoms with E-state index in [2.05, 4.69) is 9.72 Å². The van der Waals surface area contributed by atoms with Crippen LogP contribution >= 0.6 is 22.6 Å². The maximum absolute atomic E-state index is 11.7. The zero-order valence-corrected chi connectivity index (χ0v) is 8.46. The van der Waals surface area contributed by atoms with Crippen LogP contribution in [0.5, 0.6) is 5.75 Å². The third-order valence-corrected chi connectivity index (χ3v) is 1.93. The van der Waals surface area contributed by atoms with Gasteiger partial charge in [-0.3, -0.25) is 0 Å². The molecule has 72 valence electrons. The fraction of sp³-hybridized carbons (Fsp3) is 0.286. The molecule has 0 aliphatic carbocycles. The Balaban J connectivity index is 2.60. The largest absolute Gasteiger partial charge is 0.481 e.